The minimum atomic E-state index is -5.27. The second-order valence-corrected chi connectivity index (χ2v) is 7.52. The van der Waals surface area contributed by atoms with Crippen LogP contribution in [0.5, 0.6) is 11.5 Å². The molecule has 1 saturated carbocycles. The summed E-state index contributed by atoms with van der Waals surface area (Å²) in [7, 11) is 2.61. The summed E-state index contributed by atoms with van der Waals surface area (Å²) in [6.45, 7) is 0. The lowest BCUT2D eigenvalue weighted by atomic mass is 10.0. The minimum absolute atomic E-state index is 0.0495. The van der Waals surface area contributed by atoms with E-state index in [1.54, 1.807) is 10.6 Å². The Labute approximate surface area is 177 Å². The largest absolute Gasteiger partial charge is 0.497 e. The Morgan fingerprint density at radius 1 is 1.13 bits per heavy atom. The quantitative estimate of drug-likeness (QED) is 0.539. The van der Waals surface area contributed by atoms with Crippen LogP contribution in [-0.2, 0) is 4.79 Å². The molecule has 1 aromatic rings. The molecule has 0 aromatic heterocycles. The van der Waals surface area contributed by atoms with Gasteiger partial charge >= 0.3 is 12.2 Å². The highest BCUT2D eigenvalue weighted by atomic mass is 19.4. The van der Waals surface area contributed by atoms with Gasteiger partial charge in [0.25, 0.3) is 17.5 Å². The lowest BCUT2D eigenvalue weighted by Gasteiger charge is -2.31. The molecule has 1 aliphatic heterocycles. The molecule has 0 bridgehead atoms. The molecule has 0 radical (unpaired) electrons. The number of imide groups is 1. The first kappa shape index (κ1) is 22.7. The molecular weight excluding hydrogens is 419 g/mol. The summed E-state index contributed by atoms with van der Waals surface area (Å²) in [5.41, 5.74) is -3.81. The van der Waals surface area contributed by atoms with E-state index in [9.17, 15) is 27.6 Å². The topological polar surface area (TPSA) is 97.0 Å². The van der Waals surface area contributed by atoms with Crippen molar-refractivity contribution < 1.29 is 37.0 Å². The van der Waals surface area contributed by atoms with Crippen LogP contribution in [0, 0.1) is 0 Å². The van der Waals surface area contributed by atoms with Crippen molar-refractivity contribution in [2.24, 2.45) is 0 Å². The monoisotopic (exact) mass is 443 g/mol. The number of benzene rings is 1. The van der Waals surface area contributed by atoms with Crippen molar-refractivity contribution in [3.63, 3.8) is 0 Å². The number of amides is 4. The second-order valence-electron chi connectivity index (χ2n) is 7.52. The van der Waals surface area contributed by atoms with Crippen LogP contribution in [0.3, 0.4) is 0 Å². The third-order valence-electron chi connectivity index (χ3n) is 5.62. The van der Waals surface area contributed by atoms with Crippen molar-refractivity contribution >= 4 is 17.8 Å². The van der Waals surface area contributed by atoms with E-state index in [2.05, 4.69) is 0 Å². The third kappa shape index (κ3) is 4.13. The Kier molecular flexibility index (Phi) is 6.33. The molecule has 2 fully saturated rings. The fraction of sp³-hybridized carbons (Fsp3) is 0.550. The van der Waals surface area contributed by atoms with Crippen LogP contribution in [-0.4, -0.2) is 54.8 Å². The van der Waals surface area contributed by atoms with Gasteiger partial charge in [0.2, 0.25) is 0 Å². The number of carbonyl (C=O) groups excluding carboxylic acids is 3. The summed E-state index contributed by atoms with van der Waals surface area (Å²) in [5.74, 6) is -2.48. The first-order valence-corrected chi connectivity index (χ1v) is 9.91. The fourth-order valence-corrected chi connectivity index (χ4v) is 3.97. The van der Waals surface area contributed by atoms with Crippen LogP contribution in [0.1, 0.15) is 48.9 Å². The predicted octanol–water partition coefficient (Wildman–Crippen LogP) is 2.97. The molecule has 11 heteroatoms. The van der Waals surface area contributed by atoms with Gasteiger partial charge in [0, 0.05) is 12.1 Å². The number of hydrogen-bond donors (Lipinski definition) is 2. The molecule has 1 aliphatic carbocycles. The molecule has 4 amide bonds. The number of rotatable bonds is 5. The maximum atomic E-state index is 14.1. The van der Waals surface area contributed by atoms with E-state index >= 15 is 0 Å². The van der Waals surface area contributed by atoms with Gasteiger partial charge in [0.15, 0.2) is 0 Å². The zero-order valence-electron chi connectivity index (χ0n) is 17.2. The van der Waals surface area contributed by atoms with Crippen molar-refractivity contribution in [2.45, 2.75) is 56.4 Å². The summed E-state index contributed by atoms with van der Waals surface area (Å²) in [6, 6.07) is 2.08. The SMILES string of the molecule is COc1ccc(C(=O)NC2(C(F)(F)F)NC(=O)N(C3CCCCCC3)C2=O)c(OC)c1. The average Bonchev–Trinajstić information content (AvgIpc) is 2.90. The molecule has 1 heterocycles. The predicted molar refractivity (Wildman–Crippen MR) is 103 cm³/mol. The molecule has 1 saturated heterocycles. The van der Waals surface area contributed by atoms with E-state index in [1.165, 1.54) is 32.4 Å². The Morgan fingerprint density at radius 2 is 1.77 bits per heavy atom. The van der Waals surface area contributed by atoms with Crippen LogP contribution in [0.25, 0.3) is 0 Å². The van der Waals surface area contributed by atoms with E-state index in [-0.39, 0.29) is 11.3 Å². The number of urea groups is 1. The van der Waals surface area contributed by atoms with Crippen LogP contribution in [0.4, 0.5) is 18.0 Å². The number of nitrogens with one attached hydrogen (secondary N) is 2. The highest BCUT2D eigenvalue weighted by Gasteiger charge is 2.69. The van der Waals surface area contributed by atoms with Gasteiger partial charge in [-0.2, -0.15) is 13.2 Å². The number of halogens is 3. The fourth-order valence-electron chi connectivity index (χ4n) is 3.97. The average molecular weight is 443 g/mol. The molecule has 2 N–H and O–H groups in total. The van der Waals surface area contributed by atoms with E-state index in [4.69, 9.17) is 9.47 Å². The molecular formula is C20H24F3N3O5. The van der Waals surface area contributed by atoms with Gasteiger partial charge in [-0.3, -0.25) is 19.8 Å². The maximum absolute atomic E-state index is 14.1. The summed E-state index contributed by atoms with van der Waals surface area (Å²) < 4.78 is 52.4. The Bertz CT molecular complexity index is 868. The van der Waals surface area contributed by atoms with Crippen LogP contribution in [0.15, 0.2) is 18.2 Å². The molecule has 8 nitrogen and oxygen atoms in total. The highest BCUT2D eigenvalue weighted by Crippen LogP contribution is 2.37. The summed E-state index contributed by atoms with van der Waals surface area (Å²) in [4.78, 5) is 38.8. The van der Waals surface area contributed by atoms with Crippen molar-refractivity contribution in [2.75, 3.05) is 14.2 Å². The van der Waals surface area contributed by atoms with Gasteiger partial charge in [-0.15, -0.1) is 0 Å². The second kappa shape index (κ2) is 8.64. The molecule has 0 spiro atoms. The van der Waals surface area contributed by atoms with Gasteiger partial charge in [0.05, 0.1) is 19.8 Å². The van der Waals surface area contributed by atoms with Crippen LogP contribution < -0.4 is 20.1 Å². The number of alkyl halides is 3. The highest BCUT2D eigenvalue weighted by molar-refractivity contribution is 6.11. The Hall–Kier alpha value is -2.98. The molecule has 1 unspecified atom stereocenters. The van der Waals surface area contributed by atoms with Crippen molar-refractivity contribution in [1.82, 2.24) is 15.5 Å². The van der Waals surface area contributed by atoms with E-state index in [0.717, 1.165) is 12.8 Å². The van der Waals surface area contributed by atoms with Crippen LogP contribution in [0.2, 0.25) is 0 Å². The van der Waals surface area contributed by atoms with Gasteiger partial charge in [-0.05, 0) is 25.0 Å². The number of hydrogen-bond acceptors (Lipinski definition) is 5. The first-order chi connectivity index (χ1) is 14.6. The van der Waals surface area contributed by atoms with Gasteiger partial charge in [-0.25, -0.2) is 4.79 Å². The third-order valence-corrected chi connectivity index (χ3v) is 5.62. The summed E-state index contributed by atoms with van der Waals surface area (Å²) >= 11 is 0. The van der Waals surface area contributed by atoms with E-state index < -0.39 is 35.7 Å². The molecule has 31 heavy (non-hydrogen) atoms. The molecule has 170 valence electrons. The molecule has 1 aromatic carbocycles. The molecule has 1 atom stereocenters. The molecule has 2 aliphatic rings. The lowest BCUT2D eigenvalue weighted by molar-refractivity contribution is -0.200. The zero-order valence-corrected chi connectivity index (χ0v) is 17.2. The van der Waals surface area contributed by atoms with Crippen molar-refractivity contribution in [3.8, 4) is 11.5 Å². The number of ether oxygens (including phenoxy) is 2. The van der Waals surface area contributed by atoms with E-state index in [0.29, 0.717) is 36.3 Å². The smallest absolute Gasteiger partial charge is 0.440 e. The van der Waals surface area contributed by atoms with Gasteiger partial charge in [-0.1, -0.05) is 25.7 Å². The first-order valence-electron chi connectivity index (χ1n) is 9.91. The summed E-state index contributed by atoms with van der Waals surface area (Å²) in [5, 5.41) is 3.42. The number of methoxy groups -OCH3 is 2. The minimum Gasteiger partial charge on any atom is -0.497 e. The maximum Gasteiger partial charge on any atom is 0.440 e. The molecule has 3 rings (SSSR count). The van der Waals surface area contributed by atoms with E-state index in [1.807, 2.05) is 0 Å². The van der Waals surface area contributed by atoms with Crippen molar-refractivity contribution in [3.05, 3.63) is 23.8 Å². The zero-order chi connectivity index (χ0) is 22.8. The lowest BCUT2D eigenvalue weighted by Crippen LogP contribution is -2.69. The van der Waals surface area contributed by atoms with Gasteiger partial charge in [0.1, 0.15) is 11.5 Å². The van der Waals surface area contributed by atoms with Crippen molar-refractivity contribution in [1.29, 1.82) is 0 Å². The standard InChI is InChI=1S/C20H24F3N3O5/c1-30-13-9-10-14(15(11-13)31-2)16(27)24-19(20(21,22)23)17(28)26(18(29)25-19)12-7-5-3-4-6-8-12/h9-12H,3-8H2,1-2H3,(H,24,27)(H,25,29). The Morgan fingerprint density at radius 3 is 2.32 bits per heavy atom. The summed E-state index contributed by atoms with van der Waals surface area (Å²) in [6.07, 6.45) is -1.24. The number of nitrogens with zero attached hydrogens (tertiary/aromatic N) is 1. The normalized spacial score (nSPS) is 22.7. The number of carbonyl (C=O) groups is 3. The Balaban J connectivity index is 1.94. The van der Waals surface area contributed by atoms with Crippen LogP contribution >= 0.6 is 0 Å². The van der Waals surface area contributed by atoms with Gasteiger partial charge < -0.3 is 14.8 Å².